The number of esters is 1. The Kier molecular flexibility index (Phi) is 5.48. The maximum absolute atomic E-state index is 13.2. The predicted molar refractivity (Wildman–Crippen MR) is 103 cm³/mol. The van der Waals surface area contributed by atoms with Crippen LogP contribution in [-0.2, 0) is 20.9 Å². The third-order valence-electron chi connectivity index (χ3n) is 6.76. The fourth-order valence-corrected chi connectivity index (χ4v) is 5.21. The lowest BCUT2D eigenvalue weighted by Gasteiger charge is -2.40. The molecule has 3 aliphatic rings. The summed E-state index contributed by atoms with van der Waals surface area (Å²) in [6.07, 6.45) is 6.11. The van der Waals surface area contributed by atoms with Crippen molar-refractivity contribution in [2.45, 2.75) is 57.2 Å². The Labute approximate surface area is 161 Å². The van der Waals surface area contributed by atoms with Crippen LogP contribution in [0.1, 0.15) is 44.1 Å². The van der Waals surface area contributed by atoms with Crippen LogP contribution in [0.2, 0.25) is 0 Å². The first-order valence-corrected chi connectivity index (χ1v) is 10.4. The third-order valence-corrected chi connectivity index (χ3v) is 6.76. The Balaban J connectivity index is 1.44. The van der Waals surface area contributed by atoms with Crippen LogP contribution in [0.3, 0.4) is 0 Å². The van der Waals surface area contributed by atoms with Crippen molar-refractivity contribution in [2.24, 2.45) is 11.8 Å². The number of hydrogen-bond donors (Lipinski definition) is 0. The minimum absolute atomic E-state index is 0.165. The van der Waals surface area contributed by atoms with Crippen LogP contribution in [0.5, 0.6) is 0 Å². The number of nitrogens with zero attached hydrogens (tertiary/aromatic N) is 2. The zero-order chi connectivity index (χ0) is 18.8. The summed E-state index contributed by atoms with van der Waals surface area (Å²) in [5.41, 5.74) is 1.34. The van der Waals surface area contributed by atoms with Crippen molar-refractivity contribution in [3.63, 3.8) is 0 Å². The number of methoxy groups -OCH3 is 1. The van der Waals surface area contributed by atoms with Crippen molar-refractivity contribution >= 4 is 11.9 Å². The van der Waals surface area contributed by atoms with Crippen LogP contribution in [-0.4, -0.2) is 54.0 Å². The number of likely N-dealkylation sites (tertiary alicyclic amines) is 2. The minimum Gasteiger partial charge on any atom is -0.469 e. The largest absolute Gasteiger partial charge is 0.469 e. The molecule has 0 radical (unpaired) electrons. The van der Waals surface area contributed by atoms with Crippen LogP contribution in [0.25, 0.3) is 0 Å². The number of amides is 1. The Morgan fingerprint density at radius 1 is 0.963 bits per heavy atom. The van der Waals surface area contributed by atoms with E-state index in [-0.39, 0.29) is 23.7 Å². The van der Waals surface area contributed by atoms with E-state index >= 15 is 0 Å². The topological polar surface area (TPSA) is 49.9 Å². The first-order valence-electron chi connectivity index (χ1n) is 10.4. The van der Waals surface area contributed by atoms with Crippen molar-refractivity contribution in [1.29, 1.82) is 0 Å². The molecule has 1 amide bonds. The van der Waals surface area contributed by atoms with Gasteiger partial charge in [0.05, 0.1) is 18.9 Å². The second-order valence-electron chi connectivity index (χ2n) is 8.22. The second kappa shape index (κ2) is 8.01. The molecule has 27 heavy (non-hydrogen) atoms. The molecule has 5 heteroatoms. The molecule has 5 nitrogen and oxygen atoms in total. The van der Waals surface area contributed by atoms with E-state index in [2.05, 4.69) is 40.1 Å². The number of rotatable bonds is 5. The Bertz CT molecular complexity index is 677. The van der Waals surface area contributed by atoms with Gasteiger partial charge in [0.2, 0.25) is 5.91 Å². The fraction of sp³-hybridized carbons (Fsp3) is 0.636. The van der Waals surface area contributed by atoms with Gasteiger partial charge in [-0.15, -0.1) is 0 Å². The first-order chi connectivity index (χ1) is 13.2. The lowest BCUT2D eigenvalue weighted by molar-refractivity contribution is -0.159. The molecular formula is C22H30N2O3. The number of ether oxygens (including phenoxy) is 1. The van der Waals surface area contributed by atoms with E-state index in [4.69, 9.17) is 4.74 Å². The molecule has 0 spiro atoms. The van der Waals surface area contributed by atoms with Crippen LogP contribution < -0.4 is 0 Å². The molecule has 1 aliphatic carbocycles. The van der Waals surface area contributed by atoms with Crippen molar-refractivity contribution in [3.05, 3.63) is 35.9 Å². The van der Waals surface area contributed by atoms with Gasteiger partial charge in [-0.2, -0.15) is 0 Å². The quantitative estimate of drug-likeness (QED) is 0.748. The highest BCUT2D eigenvalue weighted by atomic mass is 16.5. The van der Waals surface area contributed by atoms with Crippen molar-refractivity contribution in [1.82, 2.24) is 9.80 Å². The van der Waals surface area contributed by atoms with E-state index in [1.807, 2.05) is 0 Å². The highest BCUT2D eigenvalue weighted by molar-refractivity contribution is 5.87. The van der Waals surface area contributed by atoms with Crippen LogP contribution in [0.15, 0.2) is 30.3 Å². The van der Waals surface area contributed by atoms with E-state index in [0.29, 0.717) is 12.1 Å². The Morgan fingerprint density at radius 3 is 2.37 bits per heavy atom. The van der Waals surface area contributed by atoms with Gasteiger partial charge in [-0.05, 0) is 50.6 Å². The van der Waals surface area contributed by atoms with Crippen molar-refractivity contribution in [3.8, 4) is 0 Å². The normalized spacial score (nSPS) is 30.9. The average Bonchev–Trinajstić information content (AvgIpc) is 3.30. The zero-order valence-corrected chi connectivity index (χ0v) is 16.2. The number of benzene rings is 1. The molecule has 4 atom stereocenters. The standard InChI is InChI=1S/C22H30N2O3/c1-27-22(26)18-12-11-17(18)21(25)24-14-6-10-20(24)19-9-5-13-23(19)15-16-7-3-2-4-8-16/h2-4,7-8,17-20H,5-6,9-15H2,1H3. The van der Waals surface area contributed by atoms with Crippen LogP contribution in [0, 0.1) is 11.8 Å². The summed E-state index contributed by atoms with van der Waals surface area (Å²) in [5.74, 6) is -0.428. The summed E-state index contributed by atoms with van der Waals surface area (Å²) in [7, 11) is 1.42. The summed E-state index contributed by atoms with van der Waals surface area (Å²) in [6, 6.07) is 11.3. The second-order valence-corrected chi connectivity index (χ2v) is 8.22. The smallest absolute Gasteiger partial charge is 0.309 e. The average molecular weight is 370 g/mol. The number of carbonyl (C=O) groups is 2. The van der Waals surface area contributed by atoms with Gasteiger partial charge in [0, 0.05) is 25.2 Å². The SMILES string of the molecule is COC(=O)C1CCC1C(=O)N1CCCC1C1CCCN1Cc1ccccc1. The summed E-state index contributed by atoms with van der Waals surface area (Å²) in [6.45, 7) is 2.90. The summed E-state index contributed by atoms with van der Waals surface area (Å²) < 4.78 is 4.89. The predicted octanol–water partition coefficient (Wildman–Crippen LogP) is 2.84. The van der Waals surface area contributed by atoms with Gasteiger partial charge in [-0.3, -0.25) is 14.5 Å². The van der Waals surface area contributed by atoms with Gasteiger partial charge in [0.25, 0.3) is 0 Å². The third kappa shape index (κ3) is 3.62. The zero-order valence-electron chi connectivity index (χ0n) is 16.2. The molecule has 1 aromatic rings. The molecule has 0 bridgehead atoms. The summed E-state index contributed by atoms with van der Waals surface area (Å²) in [5, 5.41) is 0. The monoisotopic (exact) mass is 370 g/mol. The van der Waals surface area contributed by atoms with E-state index < -0.39 is 0 Å². The molecule has 3 fully saturated rings. The van der Waals surface area contributed by atoms with Gasteiger partial charge in [0.1, 0.15) is 0 Å². The number of carbonyl (C=O) groups excluding carboxylic acids is 2. The van der Waals surface area contributed by atoms with Crippen LogP contribution >= 0.6 is 0 Å². The molecule has 4 rings (SSSR count). The maximum atomic E-state index is 13.2. The van der Waals surface area contributed by atoms with Crippen LogP contribution in [0.4, 0.5) is 0 Å². The highest BCUT2D eigenvalue weighted by Crippen LogP contribution is 2.39. The van der Waals surface area contributed by atoms with Gasteiger partial charge < -0.3 is 9.64 Å². The maximum Gasteiger partial charge on any atom is 0.309 e. The summed E-state index contributed by atoms with van der Waals surface area (Å²) in [4.78, 5) is 29.8. The molecule has 2 heterocycles. The van der Waals surface area contributed by atoms with Crippen molar-refractivity contribution < 1.29 is 14.3 Å². The molecule has 4 unspecified atom stereocenters. The lowest BCUT2D eigenvalue weighted by Crippen LogP contribution is -2.53. The molecule has 2 aliphatic heterocycles. The Hall–Kier alpha value is -1.88. The minimum atomic E-state index is -0.229. The van der Waals surface area contributed by atoms with Crippen molar-refractivity contribution in [2.75, 3.05) is 20.2 Å². The molecule has 1 saturated carbocycles. The molecule has 146 valence electrons. The molecule has 1 aromatic carbocycles. The lowest BCUT2D eigenvalue weighted by atomic mass is 9.72. The van der Waals surface area contributed by atoms with Gasteiger partial charge in [-0.1, -0.05) is 30.3 Å². The molecule has 2 saturated heterocycles. The Morgan fingerprint density at radius 2 is 1.67 bits per heavy atom. The summed E-state index contributed by atoms with van der Waals surface area (Å²) >= 11 is 0. The van der Waals surface area contributed by atoms with Gasteiger partial charge in [0.15, 0.2) is 0 Å². The highest BCUT2D eigenvalue weighted by Gasteiger charge is 2.47. The molecule has 0 aromatic heterocycles. The fourth-order valence-electron chi connectivity index (χ4n) is 5.21. The van der Waals surface area contributed by atoms with Gasteiger partial charge in [-0.25, -0.2) is 0 Å². The van der Waals surface area contributed by atoms with E-state index in [1.165, 1.54) is 19.1 Å². The van der Waals surface area contributed by atoms with E-state index in [1.54, 1.807) is 0 Å². The molecule has 0 N–H and O–H groups in total. The van der Waals surface area contributed by atoms with Gasteiger partial charge >= 0.3 is 5.97 Å². The van der Waals surface area contributed by atoms with E-state index in [0.717, 1.165) is 51.7 Å². The van der Waals surface area contributed by atoms with E-state index in [9.17, 15) is 9.59 Å². The molecular weight excluding hydrogens is 340 g/mol. The first kappa shape index (κ1) is 18.5. The number of hydrogen-bond acceptors (Lipinski definition) is 4.